The maximum absolute atomic E-state index is 5.56. The van der Waals surface area contributed by atoms with Crippen molar-refractivity contribution >= 4 is 18.0 Å². The van der Waals surface area contributed by atoms with E-state index < -0.39 is 0 Å². The normalized spacial score (nSPS) is 9.41. The molecule has 96 valence electrons. The first-order chi connectivity index (χ1) is 7.63. The molecule has 1 aromatic carbocycles. The van der Waals surface area contributed by atoms with Crippen LogP contribution in [0.15, 0.2) is 18.7 Å². The standard InChI is InChI=1S/C13H19NO2.ClH/c1-9(2)11-8-12(15-3)10(5-6-14)7-13(11)16-4;/h7-8H,1,5-6,14H2,2-4H3;1H. The van der Waals surface area contributed by atoms with Gasteiger partial charge in [-0.05, 0) is 43.2 Å². The first-order valence-electron chi connectivity index (χ1n) is 5.24. The van der Waals surface area contributed by atoms with Crippen LogP contribution in [0.5, 0.6) is 11.5 Å². The Kier molecular flexibility index (Phi) is 6.69. The second-order valence-corrected chi connectivity index (χ2v) is 3.68. The largest absolute Gasteiger partial charge is 0.496 e. The van der Waals surface area contributed by atoms with Crippen LogP contribution in [0, 0.1) is 0 Å². The lowest BCUT2D eigenvalue weighted by atomic mass is 10.0. The number of methoxy groups -OCH3 is 2. The summed E-state index contributed by atoms with van der Waals surface area (Å²) in [5.74, 6) is 1.65. The summed E-state index contributed by atoms with van der Waals surface area (Å²) in [6, 6.07) is 3.92. The zero-order valence-electron chi connectivity index (χ0n) is 10.6. The third kappa shape index (κ3) is 3.65. The number of hydrogen-bond donors (Lipinski definition) is 1. The van der Waals surface area contributed by atoms with Crippen LogP contribution in [0.2, 0.25) is 0 Å². The molecule has 0 aliphatic heterocycles. The number of allylic oxidation sites excluding steroid dienone is 1. The molecule has 2 N–H and O–H groups in total. The van der Waals surface area contributed by atoms with E-state index in [0.717, 1.165) is 34.6 Å². The van der Waals surface area contributed by atoms with Gasteiger partial charge in [0.25, 0.3) is 0 Å². The molecule has 0 aliphatic rings. The molecule has 0 fully saturated rings. The van der Waals surface area contributed by atoms with Crippen LogP contribution in [0.25, 0.3) is 5.57 Å². The van der Waals surface area contributed by atoms with Gasteiger partial charge in [0.05, 0.1) is 14.2 Å². The van der Waals surface area contributed by atoms with Crippen molar-refractivity contribution in [1.29, 1.82) is 0 Å². The van der Waals surface area contributed by atoms with Gasteiger partial charge in [-0.25, -0.2) is 0 Å². The number of rotatable bonds is 5. The summed E-state index contributed by atoms with van der Waals surface area (Å²) in [4.78, 5) is 0. The van der Waals surface area contributed by atoms with Gasteiger partial charge in [-0.1, -0.05) is 6.58 Å². The van der Waals surface area contributed by atoms with E-state index in [1.165, 1.54) is 0 Å². The average Bonchev–Trinajstić information content (AvgIpc) is 2.28. The van der Waals surface area contributed by atoms with Crippen LogP contribution in [0.1, 0.15) is 18.1 Å². The van der Waals surface area contributed by atoms with Gasteiger partial charge in [0.1, 0.15) is 11.5 Å². The van der Waals surface area contributed by atoms with Crippen LogP contribution in [-0.2, 0) is 6.42 Å². The number of ether oxygens (including phenoxy) is 2. The maximum Gasteiger partial charge on any atom is 0.126 e. The Morgan fingerprint density at radius 2 is 1.82 bits per heavy atom. The molecule has 0 saturated carbocycles. The number of benzene rings is 1. The highest BCUT2D eigenvalue weighted by Crippen LogP contribution is 2.32. The minimum Gasteiger partial charge on any atom is -0.496 e. The molecule has 0 spiro atoms. The van der Waals surface area contributed by atoms with E-state index in [1.807, 2.05) is 19.1 Å². The summed E-state index contributed by atoms with van der Waals surface area (Å²) in [6.45, 7) is 6.46. The Morgan fingerprint density at radius 1 is 1.24 bits per heavy atom. The number of nitrogens with two attached hydrogens (primary N) is 1. The van der Waals surface area contributed by atoms with E-state index in [4.69, 9.17) is 15.2 Å². The molecule has 0 atom stereocenters. The lowest BCUT2D eigenvalue weighted by Crippen LogP contribution is -2.05. The molecule has 0 heterocycles. The molecule has 1 aromatic rings. The van der Waals surface area contributed by atoms with Gasteiger partial charge in [0.15, 0.2) is 0 Å². The van der Waals surface area contributed by atoms with Crippen LogP contribution in [0.3, 0.4) is 0 Å². The zero-order chi connectivity index (χ0) is 12.1. The third-order valence-corrected chi connectivity index (χ3v) is 2.48. The Bertz CT molecular complexity index is 391. The monoisotopic (exact) mass is 257 g/mol. The van der Waals surface area contributed by atoms with E-state index >= 15 is 0 Å². The molecule has 4 heteroatoms. The molecule has 0 radical (unpaired) electrons. The SMILES string of the molecule is C=C(C)c1cc(OC)c(CCN)cc1OC.Cl. The van der Waals surface area contributed by atoms with Gasteiger partial charge in [0.2, 0.25) is 0 Å². The Morgan fingerprint density at radius 3 is 2.24 bits per heavy atom. The van der Waals surface area contributed by atoms with Crippen LogP contribution < -0.4 is 15.2 Å². The van der Waals surface area contributed by atoms with Crippen molar-refractivity contribution in [2.24, 2.45) is 5.73 Å². The Hall–Kier alpha value is -1.19. The van der Waals surface area contributed by atoms with Crippen LogP contribution in [0.4, 0.5) is 0 Å². The van der Waals surface area contributed by atoms with E-state index in [2.05, 4.69) is 6.58 Å². The van der Waals surface area contributed by atoms with E-state index in [1.54, 1.807) is 14.2 Å². The van der Waals surface area contributed by atoms with Crippen molar-refractivity contribution in [3.05, 3.63) is 29.8 Å². The van der Waals surface area contributed by atoms with Gasteiger partial charge < -0.3 is 15.2 Å². The van der Waals surface area contributed by atoms with Crippen molar-refractivity contribution in [2.75, 3.05) is 20.8 Å². The van der Waals surface area contributed by atoms with E-state index in [0.29, 0.717) is 6.54 Å². The summed E-state index contributed by atoms with van der Waals surface area (Å²) >= 11 is 0. The number of hydrogen-bond acceptors (Lipinski definition) is 3. The van der Waals surface area contributed by atoms with Gasteiger partial charge in [-0.3, -0.25) is 0 Å². The highest BCUT2D eigenvalue weighted by molar-refractivity contribution is 5.85. The minimum absolute atomic E-state index is 0. The molecular weight excluding hydrogens is 238 g/mol. The predicted molar refractivity (Wildman–Crippen MR) is 74.3 cm³/mol. The van der Waals surface area contributed by atoms with Gasteiger partial charge >= 0.3 is 0 Å². The van der Waals surface area contributed by atoms with E-state index in [9.17, 15) is 0 Å². The van der Waals surface area contributed by atoms with Crippen molar-refractivity contribution in [2.45, 2.75) is 13.3 Å². The highest BCUT2D eigenvalue weighted by atomic mass is 35.5. The molecule has 0 saturated heterocycles. The summed E-state index contributed by atoms with van der Waals surface area (Å²) in [5.41, 5.74) is 8.55. The first kappa shape index (κ1) is 15.8. The quantitative estimate of drug-likeness (QED) is 0.882. The zero-order valence-corrected chi connectivity index (χ0v) is 11.4. The molecule has 0 aromatic heterocycles. The summed E-state index contributed by atoms with van der Waals surface area (Å²) < 4.78 is 10.7. The van der Waals surface area contributed by atoms with Crippen molar-refractivity contribution in [3.8, 4) is 11.5 Å². The lowest BCUT2D eigenvalue weighted by Gasteiger charge is -2.14. The molecule has 0 bridgehead atoms. The lowest BCUT2D eigenvalue weighted by molar-refractivity contribution is 0.398. The van der Waals surface area contributed by atoms with Crippen LogP contribution >= 0.6 is 12.4 Å². The second-order valence-electron chi connectivity index (χ2n) is 3.68. The molecule has 17 heavy (non-hydrogen) atoms. The van der Waals surface area contributed by atoms with Gasteiger partial charge in [-0.2, -0.15) is 0 Å². The highest BCUT2D eigenvalue weighted by Gasteiger charge is 2.10. The predicted octanol–water partition coefficient (Wildman–Crippen LogP) is 2.66. The average molecular weight is 258 g/mol. The van der Waals surface area contributed by atoms with Crippen molar-refractivity contribution in [3.63, 3.8) is 0 Å². The third-order valence-electron chi connectivity index (χ3n) is 2.48. The fraction of sp³-hybridized carbons (Fsp3) is 0.385. The topological polar surface area (TPSA) is 44.5 Å². The Balaban J connectivity index is 0.00000256. The summed E-state index contributed by atoms with van der Waals surface area (Å²) in [5, 5.41) is 0. The molecule has 0 unspecified atom stereocenters. The smallest absolute Gasteiger partial charge is 0.126 e. The maximum atomic E-state index is 5.56. The fourth-order valence-electron chi connectivity index (χ4n) is 1.65. The van der Waals surface area contributed by atoms with Gasteiger partial charge in [0, 0.05) is 5.56 Å². The molecule has 0 aliphatic carbocycles. The minimum atomic E-state index is 0. The summed E-state index contributed by atoms with van der Waals surface area (Å²) in [6.07, 6.45) is 0.774. The van der Waals surface area contributed by atoms with E-state index in [-0.39, 0.29) is 12.4 Å². The van der Waals surface area contributed by atoms with Crippen LogP contribution in [-0.4, -0.2) is 20.8 Å². The van der Waals surface area contributed by atoms with Gasteiger partial charge in [-0.15, -0.1) is 12.4 Å². The molecule has 0 amide bonds. The molecular formula is C13H20ClNO2. The number of halogens is 1. The fourth-order valence-corrected chi connectivity index (χ4v) is 1.65. The van der Waals surface area contributed by atoms with Crippen molar-refractivity contribution < 1.29 is 9.47 Å². The Labute approximate surface area is 109 Å². The first-order valence-corrected chi connectivity index (χ1v) is 5.24. The molecule has 3 nitrogen and oxygen atoms in total. The van der Waals surface area contributed by atoms with Crippen molar-refractivity contribution in [1.82, 2.24) is 0 Å². The second kappa shape index (κ2) is 7.20. The molecule has 1 rings (SSSR count). The summed E-state index contributed by atoms with van der Waals surface area (Å²) in [7, 11) is 3.31.